The molecule has 2 fully saturated rings. The Morgan fingerprint density at radius 3 is 2.52 bits per heavy atom. The van der Waals surface area contributed by atoms with Gasteiger partial charge < -0.3 is 14.4 Å². The number of methoxy groups -OCH3 is 2. The van der Waals surface area contributed by atoms with Crippen molar-refractivity contribution in [1.82, 2.24) is 9.80 Å². The number of carbonyl (C=O) groups excluding carboxylic acids is 1. The van der Waals surface area contributed by atoms with Crippen LogP contribution in [0.1, 0.15) is 37.3 Å². The van der Waals surface area contributed by atoms with E-state index in [4.69, 9.17) is 9.47 Å². The van der Waals surface area contributed by atoms with Gasteiger partial charge in [0, 0.05) is 50.8 Å². The molecule has 1 aromatic carbocycles. The first-order valence-electron chi connectivity index (χ1n) is 9.12. The lowest BCUT2D eigenvalue weighted by atomic mass is 9.72. The zero-order valence-corrected chi connectivity index (χ0v) is 15.9. The molecular weight excluding hydrogens is 316 g/mol. The third-order valence-corrected chi connectivity index (χ3v) is 5.42. The average molecular weight is 346 g/mol. The van der Waals surface area contributed by atoms with Gasteiger partial charge in [-0.25, -0.2) is 0 Å². The normalized spacial score (nSPS) is 19.0. The Hall–Kier alpha value is -1.59. The number of hydrogen-bond acceptors (Lipinski definition) is 4. The third-order valence-electron chi connectivity index (χ3n) is 5.42. The van der Waals surface area contributed by atoms with Gasteiger partial charge in [-0.3, -0.25) is 9.69 Å². The van der Waals surface area contributed by atoms with E-state index < -0.39 is 0 Å². The molecule has 0 aromatic heterocycles. The molecule has 0 aliphatic carbocycles. The van der Waals surface area contributed by atoms with Crippen LogP contribution in [0.3, 0.4) is 0 Å². The van der Waals surface area contributed by atoms with Crippen LogP contribution in [0.4, 0.5) is 0 Å². The van der Waals surface area contributed by atoms with Gasteiger partial charge in [0.05, 0.1) is 20.1 Å². The minimum atomic E-state index is 0.219. The predicted octanol–water partition coefficient (Wildman–Crippen LogP) is 2.50. The van der Waals surface area contributed by atoms with Gasteiger partial charge in [0.15, 0.2) is 0 Å². The summed E-state index contributed by atoms with van der Waals surface area (Å²) in [5.74, 6) is 1.71. The Kier molecular flexibility index (Phi) is 5.35. The zero-order chi connectivity index (χ0) is 18.0. The Labute approximate surface area is 150 Å². The van der Waals surface area contributed by atoms with Crippen molar-refractivity contribution in [2.75, 3.05) is 47.0 Å². The van der Waals surface area contributed by atoms with Crippen molar-refractivity contribution in [3.05, 3.63) is 29.3 Å². The van der Waals surface area contributed by atoms with Gasteiger partial charge >= 0.3 is 0 Å². The molecule has 0 saturated carbocycles. The summed E-state index contributed by atoms with van der Waals surface area (Å²) in [5, 5.41) is 0. The van der Waals surface area contributed by atoms with Gasteiger partial charge in [-0.15, -0.1) is 0 Å². The summed E-state index contributed by atoms with van der Waals surface area (Å²) in [4.78, 5) is 16.4. The van der Waals surface area contributed by atoms with E-state index in [0.29, 0.717) is 24.4 Å². The summed E-state index contributed by atoms with van der Waals surface area (Å²) in [6.07, 6.45) is 0.496. The van der Waals surface area contributed by atoms with E-state index in [0.717, 1.165) is 38.5 Å². The SMILES string of the molecule is COCCC(=O)N1CC2(CN(Cc3ccc(C(C)C)cc3OC)C2)C1. The first-order chi connectivity index (χ1) is 12.0. The lowest BCUT2D eigenvalue weighted by molar-refractivity contribution is -0.160. The van der Waals surface area contributed by atoms with E-state index in [-0.39, 0.29) is 5.91 Å². The van der Waals surface area contributed by atoms with E-state index >= 15 is 0 Å². The van der Waals surface area contributed by atoms with E-state index in [1.165, 1.54) is 11.1 Å². The van der Waals surface area contributed by atoms with Gasteiger partial charge in [-0.05, 0) is 17.5 Å². The maximum atomic E-state index is 12.0. The quantitative estimate of drug-likeness (QED) is 0.761. The third kappa shape index (κ3) is 3.82. The van der Waals surface area contributed by atoms with Gasteiger partial charge in [-0.2, -0.15) is 0 Å². The molecule has 0 atom stereocenters. The first kappa shape index (κ1) is 18.2. The summed E-state index contributed by atoms with van der Waals surface area (Å²) in [6, 6.07) is 6.56. The van der Waals surface area contributed by atoms with Crippen molar-refractivity contribution in [3.8, 4) is 5.75 Å². The molecule has 0 N–H and O–H groups in total. The number of benzene rings is 1. The van der Waals surface area contributed by atoms with Gasteiger partial charge in [-0.1, -0.05) is 26.0 Å². The number of ether oxygens (including phenoxy) is 2. The molecular formula is C20H30N2O3. The second-order valence-electron chi connectivity index (χ2n) is 7.86. The summed E-state index contributed by atoms with van der Waals surface area (Å²) in [5.41, 5.74) is 2.88. The first-order valence-corrected chi connectivity index (χ1v) is 9.12. The number of likely N-dealkylation sites (tertiary alicyclic amines) is 2. The summed E-state index contributed by atoms with van der Waals surface area (Å²) < 4.78 is 10.6. The highest BCUT2D eigenvalue weighted by Gasteiger charge is 2.52. The molecule has 0 radical (unpaired) electrons. The summed E-state index contributed by atoms with van der Waals surface area (Å²) in [6.45, 7) is 9.76. The van der Waals surface area contributed by atoms with Gasteiger partial charge in [0.25, 0.3) is 0 Å². The van der Waals surface area contributed by atoms with Crippen LogP contribution in [-0.4, -0.2) is 62.7 Å². The maximum Gasteiger partial charge on any atom is 0.224 e. The van der Waals surface area contributed by atoms with Crippen LogP contribution in [0.15, 0.2) is 18.2 Å². The van der Waals surface area contributed by atoms with E-state index in [1.807, 2.05) is 4.90 Å². The van der Waals surface area contributed by atoms with Crippen molar-refractivity contribution in [2.45, 2.75) is 32.7 Å². The van der Waals surface area contributed by atoms with E-state index in [2.05, 4.69) is 36.9 Å². The number of hydrogen-bond donors (Lipinski definition) is 0. The van der Waals surface area contributed by atoms with Gasteiger partial charge in [0.1, 0.15) is 5.75 Å². The van der Waals surface area contributed by atoms with E-state index in [1.54, 1.807) is 14.2 Å². The van der Waals surface area contributed by atoms with Crippen LogP contribution in [-0.2, 0) is 16.1 Å². The van der Waals surface area contributed by atoms with Crippen molar-refractivity contribution >= 4 is 5.91 Å². The standard InChI is InChI=1S/C20H30N2O3/c1-15(2)16-5-6-17(18(9-16)25-4)10-21-11-20(12-21)13-22(14-20)19(23)7-8-24-3/h5-6,9,15H,7-8,10-14H2,1-4H3. The van der Waals surface area contributed by atoms with Crippen molar-refractivity contribution in [3.63, 3.8) is 0 Å². The van der Waals surface area contributed by atoms with Crippen LogP contribution in [0, 0.1) is 5.41 Å². The van der Waals surface area contributed by atoms with Crippen molar-refractivity contribution in [2.24, 2.45) is 5.41 Å². The van der Waals surface area contributed by atoms with Crippen molar-refractivity contribution in [1.29, 1.82) is 0 Å². The molecule has 2 heterocycles. The molecule has 1 spiro atoms. The van der Waals surface area contributed by atoms with Crippen LogP contribution in [0.5, 0.6) is 5.75 Å². The molecule has 1 aromatic rings. The lowest BCUT2D eigenvalue weighted by Crippen LogP contribution is -2.72. The molecule has 0 bridgehead atoms. The molecule has 2 aliphatic rings. The van der Waals surface area contributed by atoms with Crippen LogP contribution in [0.25, 0.3) is 0 Å². The molecule has 25 heavy (non-hydrogen) atoms. The Balaban J connectivity index is 1.49. The zero-order valence-electron chi connectivity index (χ0n) is 15.9. The number of carbonyl (C=O) groups is 1. The molecule has 5 heteroatoms. The minimum absolute atomic E-state index is 0.219. The second kappa shape index (κ2) is 7.34. The molecule has 0 unspecified atom stereocenters. The highest BCUT2D eigenvalue weighted by Crippen LogP contribution is 2.41. The Morgan fingerprint density at radius 2 is 1.92 bits per heavy atom. The monoisotopic (exact) mass is 346 g/mol. The second-order valence-corrected chi connectivity index (χ2v) is 7.86. The predicted molar refractivity (Wildman–Crippen MR) is 97.9 cm³/mol. The number of nitrogens with zero attached hydrogens (tertiary/aromatic N) is 2. The fourth-order valence-electron chi connectivity index (χ4n) is 3.99. The molecule has 1 amide bonds. The van der Waals surface area contributed by atoms with Crippen LogP contribution in [0.2, 0.25) is 0 Å². The average Bonchev–Trinajstić information content (AvgIpc) is 2.53. The molecule has 138 valence electrons. The molecule has 2 saturated heterocycles. The smallest absolute Gasteiger partial charge is 0.224 e. The largest absolute Gasteiger partial charge is 0.496 e. The highest BCUT2D eigenvalue weighted by molar-refractivity contribution is 5.77. The van der Waals surface area contributed by atoms with Crippen LogP contribution >= 0.6 is 0 Å². The summed E-state index contributed by atoms with van der Waals surface area (Å²) >= 11 is 0. The Morgan fingerprint density at radius 1 is 1.20 bits per heavy atom. The van der Waals surface area contributed by atoms with Crippen LogP contribution < -0.4 is 4.74 Å². The molecule has 5 nitrogen and oxygen atoms in total. The highest BCUT2D eigenvalue weighted by atomic mass is 16.5. The van der Waals surface area contributed by atoms with Gasteiger partial charge in [0.2, 0.25) is 5.91 Å². The summed E-state index contributed by atoms with van der Waals surface area (Å²) in [7, 11) is 3.38. The minimum Gasteiger partial charge on any atom is -0.496 e. The molecule has 2 aliphatic heterocycles. The Bertz CT molecular complexity index is 615. The number of amides is 1. The topological polar surface area (TPSA) is 42.0 Å². The lowest BCUT2D eigenvalue weighted by Gasteiger charge is -2.60. The number of rotatable bonds is 7. The maximum absolute atomic E-state index is 12.0. The fraction of sp³-hybridized carbons (Fsp3) is 0.650. The van der Waals surface area contributed by atoms with Crippen molar-refractivity contribution < 1.29 is 14.3 Å². The molecule has 3 rings (SSSR count). The fourth-order valence-corrected chi connectivity index (χ4v) is 3.99. The van der Waals surface area contributed by atoms with E-state index in [9.17, 15) is 4.79 Å².